The number of nitrogens with zero attached hydrogens (tertiary/aromatic N) is 2. The van der Waals surface area contributed by atoms with E-state index in [4.69, 9.17) is 9.47 Å². The first-order chi connectivity index (χ1) is 11.5. The maximum atomic E-state index is 12.7. The highest BCUT2D eigenvalue weighted by atomic mass is 16.5. The van der Waals surface area contributed by atoms with Gasteiger partial charge >= 0.3 is 0 Å². The number of aliphatic hydroxyl groups excluding tert-OH is 1. The predicted molar refractivity (Wildman–Crippen MR) is 92.8 cm³/mol. The molecule has 1 heterocycles. The Morgan fingerprint density at radius 1 is 1.25 bits per heavy atom. The topological polar surface area (TPSA) is 62.2 Å². The Morgan fingerprint density at radius 3 is 2.54 bits per heavy atom. The highest BCUT2D eigenvalue weighted by Crippen LogP contribution is 2.28. The molecule has 1 aromatic rings. The summed E-state index contributed by atoms with van der Waals surface area (Å²) >= 11 is 0. The first kappa shape index (κ1) is 18.5. The molecular formula is C18H28N2O4. The highest BCUT2D eigenvalue weighted by molar-refractivity contribution is 5.95. The third-order valence-electron chi connectivity index (χ3n) is 4.05. The fourth-order valence-electron chi connectivity index (χ4n) is 2.82. The molecule has 0 spiro atoms. The molecule has 0 bridgehead atoms. The molecule has 0 saturated carbocycles. The molecule has 6 nitrogen and oxygen atoms in total. The van der Waals surface area contributed by atoms with Crippen molar-refractivity contribution < 1.29 is 19.4 Å². The van der Waals surface area contributed by atoms with E-state index in [0.29, 0.717) is 43.3 Å². The first-order valence-electron chi connectivity index (χ1n) is 8.55. The van der Waals surface area contributed by atoms with Gasteiger partial charge < -0.3 is 19.5 Å². The zero-order valence-corrected chi connectivity index (χ0v) is 14.8. The van der Waals surface area contributed by atoms with Crippen molar-refractivity contribution in [3.05, 3.63) is 23.8 Å². The summed E-state index contributed by atoms with van der Waals surface area (Å²) in [6, 6.07) is 5.33. The number of amides is 1. The lowest BCUT2D eigenvalue weighted by atomic mass is 10.1. The summed E-state index contributed by atoms with van der Waals surface area (Å²) in [4.78, 5) is 16.7. The molecule has 1 aromatic carbocycles. The van der Waals surface area contributed by atoms with Crippen molar-refractivity contribution >= 4 is 5.91 Å². The molecule has 0 aliphatic carbocycles. The zero-order chi connectivity index (χ0) is 17.5. The molecule has 0 radical (unpaired) electrons. The molecule has 1 atom stereocenters. The van der Waals surface area contributed by atoms with Crippen LogP contribution in [0.4, 0.5) is 0 Å². The van der Waals surface area contributed by atoms with E-state index in [0.717, 1.165) is 19.5 Å². The van der Waals surface area contributed by atoms with Crippen molar-refractivity contribution in [3.63, 3.8) is 0 Å². The van der Waals surface area contributed by atoms with Gasteiger partial charge in [-0.05, 0) is 31.5 Å². The van der Waals surface area contributed by atoms with E-state index in [2.05, 4.69) is 4.90 Å². The SMILES string of the molecule is CCCOc1ccc(C(=O)N2CCN(CC(C)O)CC2)cc1OC. The number of piperazine rings is 1. The molecule has 1 aliphatic rings. The maximum Gasteiger partial charge on any atom is 0.254 e. The van der Waals surface area contributed by atoms with Gasteiger partial charge in [0.25, 0.3) is 5.91 Å². The van der Waals surface area contributed by atoms with Gasteiger partial charge in [-0.15, -0.1) is 0 Å². The van der Waals surface area contributed by atoms with Crippen molar-refractivity contribution in [2.45, 2.75) is 26.4 Å². The fraction of sp³-hybridized carbons (Fsp3) is 0.611. The molecular weight excluding hydrogens is 308 g/mol. The standard InChI is InChI=1S/C18H28N2O4/c1-4-11-24-16-6-5-15(12-17(16)23-3)18(22)20-9-7-19(8-10-20)13-14(2)21/h5-6,12,14,21H,4,7-11,13H2,1-3H3. The van der Waals surface area contributed by atoms with Crippen LogP contribution in [0.3, 0.4) is 0 Å². The lowest BCUT2D eigenvalue weighted by Crippen LogP contribution is -2.50. The van der Waals surface area contributed by atoms with E-state index in [1.807, 2.05) is 11.8 Å². The smallest absolute Gasteiger partial charge is 0.254 e. The molecule has 6 heteroatoms. The van der Waals surface area contributed by atoms with Gasteiger partial charge in [0.1, 0.15) is 0 Å². The normalized spacial score (nSPS) is 16.8. The van der Waals surface area contributed by atoms with E-state index in [9.17, 15) is 9.90 Å². The quantitative estimate of drug-likeness (QED) is 0.820. The van der Waals surface area contributed by atoms with Gasteiger partial charge in [0.05, 0.1) is 19.8 Å². The van der Waals surface area contributed by atoms with Crippen LogP contribution >= 0.6 is 0 Å². The van der Waals surface area contributed by atoms with Crippen LogP contribution in [0.1, 0.15) is 30.6 Å². The molecule has 1 N–H and O–H groups in total. The number of hydrogen-bond donors (Lipinski definition) is 1. The zero-order valence-electron chi connectivity index (χ0n) is 14.8. The Bertz CT molecular complexity index is 540. The van der Waals surface area contributed by atoms with Crippen LogP contribution < -0.4 is 9.47 Å². The molecule has 1 fully saturated rings. The third kappa shape index (κ3) is 4.85. The molecule has 1 unspecified atom stereocenters. The van der Waals surface area contributed by atoms with Gasteiger partial charge in [-0.3, -0.25) is 9.69 Å². The summed E-state index contributed by atoms with van der Waals surface area (Å²) in [5.41, 5.74) is 0.611. The van der Waals surface area contributed by atoms with Gasteiger partial charge in [0.2, 0.25) is 0 Å². The number of rotatable bonds is 7. The van der Waals surface area contributed by atoms with Gasteiger partial charge in [-0.25, -0.2) is 0 Å². The Labute approximate surface area is 144 Å². The van der Waals surface area contributed by atoms with Crippen molar-refractivity contribution in [1.29, 1.82) is 0 Å². The van der Waals surface area contributed by atoms with Crippen LogP contribution in [0.25, 0.3) is 0 Å². The lowest BCUT2D eigenvalue weighted by Gasteiger charge is -2.35. The highest BCUT2D eigenvalue weighted by Gasteiger charge is 2.23. The number of ether oxygens (including phenoxy) is 2. The van der Waals surface area contributed by atoms with Crippen LogP contribution in [0.15, 0.2) is 18.2 Å². The Balaban J connectivity index is 2.00. The summed E-state index contributed by atoms with van der Waals surface area (Å²) in [7, 11) is 1.58. The number of carbonyl (C=O) groups excluding carboxylic acids is 1. The van der Waals surface area contributed by atoms with Gasteiger partial charge in [-0.1, -0.05) is 6.92 Å². The van der Waals surface area contributed by atoms with Crippen LogP contribution in [0.2, 0.25) is 0 Å². The Hall–Kier alpha value is -1.79. The summed E-state index contributed by atoms with van der Waals surface area (Å²) in [5, 5.41) is 9.45. The minimum Gasteiger partial charge on any atom is -0.493 e. The number of β-amino-alcohol motifs (C(OH)–C–C–N with tert-alkyl or cyclic N) is 1. The number of hydrogen-bond acceptors (Lipinski definition) is 5. The predicted octanol–water partition coefficient (Wildman–Crippen LogP) is 1.62. The second-order valence-corrected chi connectivity index (χ2v) is 6.16. The Kier molecular flexibility index (Phi) is 6.87. The largest absolute Gasteiger partial charge is 0.493 e. The summed E-state index contributed by atoms with van der Waals surface area (Å²) in [5.74, 6) is 1.26. The molecule has 1 aliphatic heterocycles. The van der Waals surface area contributed by atoms with Gasteiger partial charge in [-0.2, -0.15) is 0 Å². The Morgan fingerprint density at radius 2 is 1.96 bits per heavy atom. The minimum absolute atomic E-state index is 0.00652. The van der Waals surface area contributed by atoms with Crippen molar-refractivity contribution in [2.75, 3.05) is 46.4 Å². The van der Waals surface area contributed by atoms with E-state index >= 15 is 0 Å². The molecule has 0 aromatic heterocycles. The van der Waals surface area contributed by atoms with Crippen LogP contribution in [-0.2, 0) is 0 Å². The van der Waals surface area contributed by atoms with Crippen LogP contribution in [-0.4, -0.2) is 73.4 Å². The number of aliphatic hydroxyl groups is 1. The van der Waals surface area contributed by atoms with Crippen LogP contribution in [0, 0.1) is 0 Å². The molecule has 1 amide bonds. The van der Waals surface area contributed by atoms with E-state index in [1.165, 1.54) is 0 Å². The molecule has 1 saturated heterocycles. The van der Waals surface area contributed by atoms with Crippen molar-refractivity contribution in [2.24, 2.45) is 0 Å². The maximum absolute atomic E-state index is 12.7. The summed E-state index contributed by atoms with van der Waals surface area (Å²) < 4.78 is 11.0. The number of benzene rings is 1. The summed E-state index contributed by atoms with van der Waals surface area (Å²) in [6.45, 7) is 8.00. The van der Waals surface area contributed by atoms with E-state index < -0.39 is 0 Å². The van der Waals surface area contributed by atoms with Crippen LogP contribution in [0.5, 0.6) is 11.5 Å². The average Bonchev–Trinajstić information content (AvgIpc) is 2.59. The molecule has 2 rings (SSSR count). The van der Waals surface area contributed by atoms with Gasteiger partial charge in [0, 0.05) is 38.3 Å². The molecule has 134 valence electrons. The van der Waals surface area contributed by atoms with E-state index in [1.54, 1.807) is 32.2 Å². The monoisotopic (exact) mass is 336 g/mol. The van der Waals surface area contributed by atoms with Gasteiger partial charge in [0.15, 0.2) is 11.5 Å². The van der Waals surface area contributed by atoms with Crippen molar-refractivity contribution in [3.8, 4) is 11.5 Å². The summed E-state index contributed by atoms with van der Waals surface area (Å²) in [6.07, 6.45) is 0.577. The minimum atomic E-state index is -0.341. The first-order valence-corrected chi connectivity index (χ1v) is 8.55. The van der Waals surface area contributed by atoms with Crippen molar-refractivity contribution in [1.82, 2.24) is 9.80 Å². The third-order valence-corrected chi connectivity index (χ3v) is 4.05. The van der Waals surface area contributed by atoms with E-state index in [-0.39, 0.29) is 12.0 Å². The number of carbonyl (C=O) groups is 1. The second-order valence-electron chi connectivity index (χ2n) is 6.16. The second kappa shape index (κ2) is 8.89. The fourth-order valence-corrected chi connectivity index (χ4v) is 2.82. The lowest BCUT2D eigenvalue weighted by molar-refractivity contribution is 0.0554. The average molecular weight is 336 g/mol. The number of methoxy groups -OCH3 is 1. The molecule has 24 heavy (non-hydrogen) atoms.